The summed E-state index contributed by atoms with van der Waals surface area (Å²) in [5, 5.41) is 11.9. The van der Waals surface area contributed by atoms with E-state index in [9.17, 15) is 5.16 Å². The standard InChI is InChI=1S/C15H36NPSi.C12H27NP.2C10H20.2CH3.5ClH.2Ti/c1-13(2,3)17(14(4,5)6,15(7,8)9)16-18(10,11)12;1-10(2,3)14(13,11(4,5)6)12(7,8)9;2*1-6-7(2)9(4)10(5)8(6)3;;;;;;;;;/h1-12H3;1-9H3;2*6-10H,1-5H3;2*1H3;5*1H;;/q;-1;;;2*-1;;;;;;+2;+4/p-5. The molecule has 0 radical (unpaired) electrons. The molecule has 0 heterocycles. The van der Waals surface area contributed by atoms with Crippen LogP contribution in [0.15, 0.2) is 4.41 Å². The molecule has 0 bridgehead atoms. The molecule has 0 atom stereocenters. The fraction of sp³-hybridized carbons (Fsp3) is 0.959. The third-order valence-corrected chi connectivity index (χ3v) is 29.8. The molecule has 0 unspecified atom stereocenters. The van der Waals surface area contributed by atoms with Crippen molar-refractivity contribution in [2.75, 3.05) is 0 Å². The molecule has 2 aliphatic carbocycles. The van der Waals surface area contributed by atoms with Crippen molar-refractivity contribution in [2.24, 2.45) is 63.6 Å². The Bertz CT molecular complexity index is 1070. The SMILES string of the molecule is CC(C)(C)P(=N[Si](C)(C)C)(C(C)(C)C)C(C)(C)C.CC(C)(C)P(=[N-])(C(C)(C)C)C(C)(C)C.CC1C(C)C(C)C(C)C1C.CC1C(C)C(C)C(C)C1C.[CH3-].[CH3-].[Cl][Ti+]([Cl])[Cl].[Cl][Ti][Cl]. The van der Waals surface area contributed by atoms with Gasteiger partial charge in [-0.3, -0.25) is 0 Å². The fourth-order valence-corrected chi connectivity index (χ4v) is 31.0. The number of rotatable bonds is 1. The van der Waals surface area contributed by atoms with Crippen LogP contribution in [0.5, 0.6) is 0 Å². The minimum absolute atomic E-state index is 0. The Morgan fingerprint density at radius 2 is 0.525 bits per heavy atom. The number of halogens is 5. The molecule has 2 nitrogen and oxygen atoms in total. The maximum absolute atomic E-state index is 11.1. The van der Waals surface area contributed by atoms with Crippen molar-refractivity contribution < 1.29 is 31.7 Å². The second-order valence-electron chi connectivity index (χ2n) is 25.4. The fourth-order valence-electron chi connectivity index (χ4n) is 11.7. The van der Waals surface area contributed by atoms with Crippen molar-refractivity contribution in [3.8, 4) is 0 Å². The van der Waals surface area contributed by atoms with Crippen LogP contribution in [0, 0.1) is 74.0 Å². The first kappa shape index (κ1) is 76.1. The van der Waals surface area contributed by atoms with Gasteiger partial charge in [0, 0.05) is 0 Å². The Balaban J connectivity index is -0.000000158. The van der Waals surface area contributed by atoms with E-state index in [-0.39, 0.29) is 45.8 Å². The van der Waals surface area contributed by atoms with Gasteiger partial charge < -0.3 is 24.4 Å². The third-order valence-electron chi connectivity index (χ3n) is 14.6. The molecule has 0 N–H and O–H groups in total. The number of nitrogens with zero attached hydrogens (tertiary/aromatic N) is 2. The van der Waals surface area contributed by atoms with Gasteiger partial charge in [0.05, 0.1) is 0 Å². The predicted octanol–water partition coefficient (Wildman–Crippen LogP) is 22.3. The first-order chi connectivity index (χ1) is 25.5. The summed E-state index contributed by atoms with van der Waals surface area (Å²) < 4.78 is 5.60. The Morgan fingerprint density at radius 3 is 0.557 bits per heavy atom. The van der Waals surface area contributed by atoms with Crippen LogP contribution in [0.25, 0.3) is 5.16 Å². The zero-order valence-electron chi connectivity index (χ0n) is 47.0. The second kappa shape index (κ2) is 29.0. The predicted molar refractivity (Wildman–Crippen MR) is 295 cm³/mol. The van der Waals surface area contributed by atoms with E-state index in [0.717, 1.165) is 59.2 Å². The monoisotopic (exact) mass is 1090 g/mol. The van der Waals surface area contributed by atoms with Crippen LogP contribution in [0.3, 0.4) is 0 Å². The van der Waals surface area contributed by atoms with Gasteiger partial charge in [-0.15, -0.1) is 0 Å². The topological polar surface area (TPSA) is 34.7 Å². The van der Waals surface area contributed by atoms with Gasteiger partial charge in [0.2, 0.25) is 0 Å². The van der Waals surface area contributed by atoms with E-state index in [4.69, 9.17) is 50.9 Å². The van der Waals surface area contributed by atoms with Crippen molar-refractivity contribution in [3.63, 3.8) is 0 Å². The minimum atomic E-state index is -2.02. The summed E-state index contributed by atoms with van der Waals surface area (Å²) in [6.07, 6.45) is 0. The first-order valence-electron chi connectivity index (χ1n) is 22.5. The number of hydrogen-bond acceptors (Lipinski definition) is 1. The molecule has 0 aliphatic heterocycles. The molecular formula is C49H109Cl5N2P2SiTi2-2. The molecule has 0 saturated heterocycles. The van der Waals surface area contributed by atoms with Crippen molar-refractivity contribution in [2.45, 2.75) is 244 Å². The quantitative estimate of drug-likeness (QED) is 0.143. The van der Waals surface area contributed by atoms with Crippen LogP contribution in [0.4, 0.5) is 0 Å². The zero-order chi connectivity index (χ0) is 49.3. The van der Waals surface area contributed by atoms with Crippen LogP contribution < -0.4 is 0 Å². The summed E-state index contributed by atoms with van der Waals surface area (Å²) in [5.41, 5.74) is 0. The molecule has 12 heteroatoms. The summed E-state index contributed by atoms with van der Waals surface area (Å²) in [5.74, 6) is 9.35. The normalized spacial score (nSPS) is 27.1. The molecule has 374 valence electrons. The van der Waals surface area contributed by atoms with E-state index in [1.807, 2.05) is 0 Å². The second-order valence-corrected chi connectivity index (χ2v) is 51.5. The van der Waals surface area contributed by atoms with Crippen molar-refractivity contribution in [1.29, 1.82) is 0 Å². The molecule has 2 rings (SSSR count). The van der Waals surface area contributed by atoms with Crippen molar-refractivity contribution >= 4 is 68.9 Å². The number of hydrogen-bond donors (Lipinski definition) is 0. The molecule has 0 amide bonds. The summed E-state index contributed by atoms with van der Waals surface area (Å²) >= 11 is -2.47. The molecule has 2 fully saturated rings. The van der Waals surface area contributed by atoms with Gasteiger partial charge in [-0.2, -0.15) is 0 Å². The van der Waals surface area contributed by atoms with Crippen LogP contribution in [-0.2, 0) is 31.7 Å². The first-order valence-corrected chi connectivity index (χ1v) is 40.2. The van der Waals surface area contributed by atoms with E-state index < -0.39 is 54.1 Å². The van der Waals surface area contributed by atoms with Gasteiger partial charge in [-0.25, -0.2) is 7.05 Å². The average Bonchev–Trinajstić information content (AvgIpc) is 3.26. The Morgan fingerprint density at radius 1 is 0.410 bits per heavy atom. The summed E-state index contributed by atoms with van der Waals surface area (Å²) in [6, 6.07) is 0. The van der Waals surface area contributed by atoms with Crippen LogP contribution >= 0.6 is 60.6 Å². The van der Waals surface area contributed by atoms with Crippen LogP contribution in [0.2, 0.25) is 19.6 Å². The van der Waals surface area contributed by atoms with Crippen LogP contribution in [-0.4, -0.2) is 39.2 Å². The van der Waals surface area contributed by atoms with Crippen molar-refractivity contribution in [1.82, 2.24) is 0 Å². The van der Waals surface area contributed by atoms with Crippen molar-refractivity contribution in [3.05, 3.63) is 20.0 Å². The zero-order valence-corrected chi connectivity index (χ0v) is 56.6. The molecule has 61 heavy (non-hydrogen) atoms. The van der Waals surface area contributed by atoms with E-state index in [1.165, 1.54) is 0 Å². The van der Waals surface area contributed by atoms with Crippen LogP contribution in [0.1, 0.15) is 194 Å². The molecular weight excluding hydrogens is 980 g/mol. The Hall–Kier alpha value is 3.56. The molecule has 0 spiro atoms. The van der Waals surface area contributed by atoms with Gasteiger partial charge in [0.15, 0.2) is 8.24 Å². The van der Waals surface area contributed by atoms with Gasteiger partial charge >= 0.3 is 78.2 Å². The Kier molecular flexibility index (Phi) is 36.2. The van der Waals surface area contributed by atoms with Gasteiger partial charge in [0.1, 0.15) is 0 Å². The summed E-state index contributed by atoms with van der Waals surface area (Å²) in [4.78, 5) is 0. The van der Waals surface area contributed by atoms with Gasteiger partial charge in [0.25, 0.3) is 0 Å². The summed E-state index contributed by atoms with van der Waals surface area (Å²) in [6.45, 7) is 72.2. The van der Waals surface area contributed by atoms with E-state index in [1.54, 1.807) is 0 Å². The average molecular weight is 1090 g/mol. The van der Waals surface area contributed by atoms with E-state index in [2.05, 4.69) is 214 Å². The molecule has 0 aromatic rings. The third kappa shape index (κ3) is 22.5. The molecule has 0 aromatic heterocycles. The van der Waals surface area contributed by atoms with Gasteiger partial charge in [-0.1, -0.05) is 214 Å². The summed E-state index contributed by atoms with van der Waals surface area (Å²) in [7, 11) is 19.7. The van der Waals surface area contributed by atoms with Gasteiger partial charge in [-0.05, 0) is 97.2 Å². The maximum atomic E-state index is 11.1. The Labute approximate surface area is 424 Å². The molecule has 2 aliphatic rings. The molecule has 2 saturated carbocycles. The molecule has 0 aromatic carbocycles. The van der Waals surface area contributed by atoms with E-state index in [0.29, 0.717) is 0 Å². The van der Waals surface area contributed by atoms with E-state index >= 15 is 0 Å².